The van der Waals surface area contributed by atoms with E-state index in [-0.39, 0.29) is 6.04 Å². The summed E-state index contributed by atoms with van der Waals surface area (Å²) in [6, 6.07) is 6.91. The second-order valence-corrected chi connectivity index (χ2v) is 5.96. The number of aryl methyl sites for hydroxylation is 4. The maximum Gasteiger partial charge on any atom is 0.0647 e. The van der Waals surface area contributed by atoms with Crippen molar-refractivity contribution in [3.63, 3.8) is 0 Å². The summed E-state index contributed by atoms with van der Waals surface area (Å²) in [5, 5.41) is 8.31. The van der Waals surface area contributed by atoms with E-state index >= 15 is 0 Å². The smallest absolute Gasteiger partial charge is 0.0647 e. The summed E-state index contributed by atoms with van der Waals surface area (Å²) in [5.41, 5.74) is 7.67. The maximum atomic E-state index is 4.59. The molecule has 0 bridgehead atoms. The topological polar surface area (TPSA) is 29.9 Å². The minimum atomic E-state index is 0.221. The molecule has 1 atom stereocenters. The quantitative estimate of drug-likeness (QED) is 0.907. The molecular formula is C18H27N3. The van der Waals surface area contributed by atoms with Crippen LogP contribution in [0.1, 0.15) is 53.0 Å². The van der Waals surface area contributed by atoms with Crippen LogP contribution < -0.4 is 5.32 Å². The molecule has 0 saturated heterocycles. The lowest BCUT2D eigenvalue weighted by Crippen LogP contribution is -2.25. The van der Waals surface area contributed by atoms with Gasteiger partial charge in [0.05, 0.1) is 11.7 Å². The molecular weight excluding hydrogens is 258 g/mol. The summed E-state index contributed by atoms with van der Waals surface area (Å²) in [4.78, 5) is 0. The second kappa shape index (κ2) is 6.44. The minimum Gasteiger partial charge on any atom is -0.306 e. The van der Waals surface area contributed by atoms with Gasteiger partial charge in [0.1, 0.15) is 0 Å². The molecule has 114 valence electrons. The SMILES string of the molecule is CCCNC(c1cc(C)ccc1C)c1c(C)nn(C)c1C. The first-order valence-corrected chi connectivity index (χ1v) is 7.76. The summed E-state index contributed by atoms with van der Waals surface area (Å²) in [6.07, 6.45) is 1.12. The fraction of sp³-hybridized carbons (Fsp3) is 0.500. The zero-order valence-corrected chi connectivity index (χ0v) is 14.1. The van der Waals surface area contributed by atoms with Gasteiger partial charge in [0, 0.05) is 18.3 Å². The Morgan fingerprint density at radius 1 is 1.19 bits per heavy atom. The average molecular weight is 285 g/mol. The Hall–Kier alpha value is -1.61. The highest BCUT2D eigenvalue weighted by atomic mass is 15.3. The van der Waals surface area contributed by atoms with Gasteiger partial charge in [-0.25, -0.2) is 0 Å². The molecule has 3 nitrogen and oxygen atoms in total. The first-order chi connectivity index (χ1) is 9.95. The molecule has 2 rings (SSSR count). The monoisotopic (exact) mass is 285 g/mol. The lowest BCUT2D eigenvalue weighted by Gasteiger charge is -2.22. The average Bonchev–Trinajstić information content (AvgIpc) is 2.69. The Balaban J connectivity index is 2.55. The molecule has 0 amide bonds. The molecule has 0 saturated carbocycles. The van der Waals surface area contributed by atoms with Gasteiger partial charge in [0.15, 0.2) is 0 Å². The Labute approximate surface area is 128 Å². The Morgan fingerprint density at radius 3 is 2.48 bits per heavy atom. The number of nitrogens with zero attached hydrogens (tertiary/aromatic N) is 2. The van der Waals surface area contributed by atoms with E-state index in [4.69, 9.17) is 0 Å². The van der Waals surface area contributed by atoms with E-state index in [1.807, 2.05) is 11.7 Å². The van der Waals surface area contributed by atoms with Crippen molar-refractivity contribution >= 4 is 0 Å². The number of aromatic nitrogens is 2. The molecule has 0 radical (unpaired) electrons. The summed E-state index contributed by atoms with van der Waals surface area (Å²) < 4.78 is 1.98. The summed E-state index contributed by atoms with van der Waals surface area (Å²) in [6.45, 7) is 11.8. The van der Waals surface area contributed by atoms with Crippen LogP contribution in [0.15, 0.2) is 18.2 Å². The van der Waals surface area contributed by atoms with Gasteiger partial charge < -0.3 is 5.32 Å². The molecule has 1 unspecified atom stereocenters. The fourth-order valence-corrected chi connectivity index (χ4v) is 2.93. The number of rotatable bonds is 5. The van der Waals surface area contributed by atoms with Gasteiger partial charge in [-0.1, -0.05) is 30.7 Å². The molecule has 21 heavy (non-hydrogen) atoms. The van der Waals surface area contributed by atoms with Crippen molar-refractivity contribution in [2.75, 3.05) is 6.54 Å². The largest absolute Gasteiger partial charge is 0.306 e. The van der Waals surface area contributed by atoms with Crippen molar-refractivity contribution < 1.29 is 0 Å². The van der Waals surface area contributed by atoms with Crippen LogP contribution in [0.3, 0.4) is 0 Å². The van der Waals surface area contributed by atoms with E-state index in [0.29, 0.717) is 0 Å². The van der Waals surface area contributed by atoms with Crippen LogP contribution in [-0.4, -0.2) is 16.3 Å². The fourth-order valence-electron chi connectivity index (χ4n) is 2.93. The first-order valence-electron chi connectivity index (χ1n) is 7.76. The van der Waals surface area contributed by atoms with Gasteiger partial charge in [-0.3, -0.25) is 4.68 Å². The standard InChI is InChI=1S/C18H27N3/c1-7-10-19-18(16-11-12(2)8-9-13(16)3)17-14(4)20-21(6)15(17)5/h8-9,11,18-19H,7,10H2,1-6H3. The van der Waals surface area contributed by atoms with Gasteiger partial charge in [0.25, 0.3) is 0 Å². The Kier molecular flexibility index (Phi) is 4.84. The van der Waals surface area contributed by atoms with Gasteiger partial charge in [-0.2, -0.15) is 5.10 Å². The van der Waals surface area contributed by atoms with Crippen molar-refractivity contribution in [1.29, 1.82) is 0 Å². The van der Waals surface area contributed by atoms with E-state index in [1.54, 1.807) is 0 Å². The van der Waals surface area contributed by atoms with E-state index < -0.39 is 0 Å². The lowest BCUT2D eigenvalue weighted by atomic mass is 9.92. The van der Waals surface area contributed by atoms with Crippen molar-refractivity contribution in [2.24, 2.45) is 7.05 Å². The van der Waals surface area contributed by atoms with Crippen LogP contribution in [0.5, 0.6) is 0 Å². The number of benzene rings is 1. The predicted octanol–water partition coefficient (Wildman–Crippen LogP) is 3.74. The molecule has 1 N–H and O–H groups in total. The summed E-state index contributed by atoms with van der Waals surface area (Å²) in [7, 11) is 2.02. The van der Waals surface area contributed by atoms with Crippen LogP contribution in [0, 0.1) is 27.7 Å². The van der Waals surface area contributed by atoms with Gasteiger partial charge in [-0.15, -0.1) is 0 Å². The highest BCUT2D eigenvalue weighted by molar-refractivity contribution is 5.42. The van der Waals surface area contributed by atoms with Crippen molar-refractivity contribution in [1.82, 2.24) is 15.1 Å². The molecule has 1 heterocycles. The summed E-state index contributed by atoms with van der Waals surface area (Å²) >= 11 is 0. The van der Waals surface area contributed by atoms with E-state index in [9.17, 15) is 0 Å². The van der Waals surface area contributed by atoms with E-state index in [1.165, 1.54) is 27.9 Å². The van der Waals surface area contributed by atoms with Crippen molar-refractivity contribution in [3.8, 4) is 0 Å². The lowest BCUT2D eigenvalue weighted by molar-refractivity contribution is 0.590. The normalized spacial score (nSPS) is 12.7. The van der Waals surface area contributed by atoms with Gasteiger partial charge >= 0.3 is 0 Å². The molecule has 0 aliphatic carbocycles. The van der Waals surface area contributed by atoms with Crippen LogP contribution in [0.25, 0.3) is 0 Å². The minimum absolute atomic E-state index is 0.221. The molecule has 0 aliphatic rings. The van der Waals surface area contributed by atoms with E-state index in [0.717, 1.165) is 18.7 Å². The summed E-state index contributed by atoms with van der Waals surface area (Å²) in [5.74, 6) is 0. The molecule has 2 aromatic rings. The van der Waals surface area contributed by atoms with Crippen LogP contribution in [0.4, 0.5) is 0 Å². The van der Waals surface area contributed by atoms with Crippen molar-refractivity contribution in [3.05, 3.63) is 51.8 Å². The number of nitrogens with one attached hydrogen (secondary N) is 1. The third-order valence-corrected chi connectivity index (χ3v) is 4.20. The molecule has 0 spiro atoms. The molecule has 0 fully saturated rings. The highest BCUT2D eigenvalue weighted by Gasteiger charge is 2.22. The zero-order valence-electron chi connectivity index (χ0n) is 14.1. The highest BCUT2D eigenvalue weighted by Crippen LogP contribution is 2.30. The third-order valence-electron chi connectivity index (χ3n) is 4.20. The first kappa shape index (κ1) is 15.8. The van der Waals surface area contributed by atoms with E-state index in [2.05, 4.69) is 63.2 Å². The Bertz CT molecular complexity index is 626. The molecule has 0 aliphatic heterocycles. The predicted molar refractivity (Wildman–Crippen MR) is 88.7 cm³/mol. The molecule has 1 aromatic heterocycles. The second-order valence-electron chi connectivity index (χ2n) is 5.96. The van der Waals surface area contributed by atoms with Crippen molar-refractivity contribution in [2.45, 2.75) is 47.1 Å². The third kappa shape index (κ3) is 3.18. The Morgan fingerprint density at radius 2 is 1.90 bits per heavy atom. The van der Waals surface area contributed by atoms with Crippen LogP contribution in [0.2, 0.25) is 0 Å². The van der Waals surface area contributed by atoms with Crippen LogP contribution >= 0.6 is 0 Å². The van der Waals surface area contributed by atoms with Crippen LogP contribution in [-0.2, 0) is 7.05 Å². The number of hydrogen-bond acceptors (Lipinski definition) is 2. The number of hydrogen-bond donors (Lipinski definition) is 1. The van der Waals surface area contributed by atoms with Gasteiger partial charge in [0.2, 0.25) is 0 Å². The maximum absolute atomic E-state index is 4.59. The molecule has 1 aromatic carbocycles. The zero-order chi connectivity index (χ0) is 15.6. The van der Waals surface area contributed by atoms with Gasteiger partial charge in [-0.05, 0) is 51.8 Å². The molecule has 3 heteroatoms.